The molecule has 2 nitrogen and oxygen atoms in total. The molecule has 0 heterocycles. The van der Waals surface area contributed by atoms with Crippen molar-refractivity contribution < 1.29 is 4.39 Å². The van der Waals surface area contributed by atoms with E-state index in [0.29, 0.717) is 6.54 Å². The van der Waals surface area contributed by atoms with Crippen LogP contribution in [0.1, 0.15) is 5.56 Å². The van der Waals surface area contributed by atoms with E-state index in [1.165, 1.54) is 6.07 Å². The molecule has 0 saturated carbocycles. The third kappa shape index (κ3) is 3.51. The smallest absolute Gasteiger partial charge is 0.146 e. The van der Waals surface area contributed by atoms with E-state index in [-0.39, 0.29) is 11.5 Å². The second-order valence-electron chi connectivity index (χ2n) is 3.63. The summed E-state index contributed by atoms with van der Waals surface area (Å²) in [4.78, 5) is 2.10. The van der Waals surface area contributed by atoms with Crippen LogP contribution in [0.15, 0.2) is 43.5 Å². The van der Waals surface area contributed by atoms with Gasteiger partial charge in [0.25, 0.3) is 0 Å². The van der Waals surface area contributed by atoms with E-state index >= 15 is 0 Å². The minimum absolute atomic E-state index is 0.183. The zero-order valence-electron chi connectivity index (χ0n) is 9.32. The molecule has 16 heavy (non-hydrogen) atoms. The molecule has 1 aromatic carbocycles. The third-order valence-electron chi connectivity index (χ3n) is 2.25. The standard InChI is InChI=1S/C13H17FN2/c1-3-7-16(8-4-2)10-11-5-6-13(15)12(14)9-11/h3-6,9H,1-2,7-8,10,15H2. The first-order valence-corrected chi connectivity index (χ1v) is 5.15. The Bertz CT molecular complexity index is 364. The second kappa shape index (κ2) is 6.08. The number of hydrogen-bond acceptors (Lipinski definition) is 2. The second-order valence-corrected chi connectivity index (χ2v) is 3.63. The maximum absolute atomic E-state index is 13.2. The molecule has 0 aromatic heterocycles. The van der Waals surface area contributed by atoms with Gasteiger partial charge in [0, 0.05) is 19.6 Å². The van der Waals surface area contributed by atoms with Crippen molar-refractivity contribution >= 4 is 5.69 Å². The van der Waals surface area contributed by atoms with Crippen molar-refractivity contribution in [3.8, 4) is 0 Å². The first-order chi connectivity index (χ1) is 7.67. The maximum atomic E-state index is 13.2. The van der Waals surface area contributed by atoms with Gasteiger partial charge < -0.3 is 5.73 Å². The molecule has 0 spiro atoms. The Kier molecular flexibility index (Phi) is 4.73. The summed E-state index contributed by atoms with van der Waals surface area (Å²) in [6.45, 7) is 9.53. The van der Waals surface area contributed by atoms with E-state index in [4.69, 9.17) is 5.73 Å². The molecule has 86 valence electrons. The quantitative estimate of drug-likeness (QED) is 0.589. The number of anilines is 1. The Morgan fingerprint density at radius 1 is 1.25 bits per heavy atom. The Morgan fingerprint density at radius 3 is 2.38 bits per heavy atom. The van der Waals surface area contributed by atoms with Crippen LogP contribution in [0.3, 0.4) is 0 Å². The summed E-state index contributed by atoms with van der Waals surface area (Å²) >= 11 is 0. The average Bonchev–Trinajstić information content (AvgIpc) is 2.24. The van der Waals surface area contributed by atoms with Gasteiger partial charge in [0.1, 0.15) is 5.82 Å². The van der Waals surface area contributed by atoms with Crippen LogP contribution in [0.5, 0.6) is 0 Å². The fraction of sp³-hybridized carbons (Fsp3) is 0.231. The highest BCUT2D eigenvalue weighted by Crippen LogP contribution is 2.13. The molecule has 0 unspecified atom stereocenters. The molecular formula is C13H17FN2. The van der Waals surface area contributed by atoms with Crippen molar-refractivity contribution in [1.82, 2.24) is 4.90 Å². The summed E-state index contributed by atoms with van der Waals surface area (Å²) < 4.78 is 13.2. The Balaban J connectivity index is 2.72. The van der Waals surface area contributed by atoms with Gasteiger partial charge in [0.05, 0.1) is 5.69 Å². The summed E-state index contributed by atoms with van der Waals surface area (Å²) in [5.74, 6) is -0.366. The first kappa shape index (κ1) is 12.5. The number of halogens is 1. The number of benzene rings is 1. The molecule has 1 rings (SSSR count). The van der Waals surface area contributed by atoms with E-state index < -0.39 is 0 Å². The summed E-state index contributed by atoms with van der Waals surface area (Å²) in [6.07, 6.45) is 3.63. The summed E-state index contributed by atoms with van der Waals surface area (Å²) in [6, 6.07) is 4.89. The molecule has 0 aliphatic rings. The van der Waals surface area contributed by atoms with Gasteiger partial charge in [-0.25, -0.2) is 4.39 Å². The lowest BCUT2D eigenvalue weighted by Crippen LogP contribution is -2.23. The van der Waals surface area contributed by atoms with Gasteiger partial charge in [-0.1, -0.05) is 18.2 Å². The molecule has 0 radical (unpaired) electrons. The first-order valence-electron chi connectivity index (χ1n) is 5.15. The largest absolute Gasteiger partial charge is 0.396 e. The van der Waals surface area contributed by atoms with Gasteiger partial charge in [-0.2, -0.15) is 0 Å². The highest BCUT2D eigenvalue weighted by atomic mass is 19.1. The highest BCUT2D eigenvalue weighted by molar-refractivity contribution is 5.41. The number of nitrogens with zero attached hydrogens (tertiary/aromatic N) is 1. The van der Waals surface area contributed by atoms with Crippen LogP contribution in [-0.4, -0.2) is 18.0 Å². The van der Waals surface area contributed by atoms with Gasteiger partial charge >= 0.3 is 0 Å². The van der Waals surface area contributed by atoms with Gasteiger partial charge in [0.2, 0.25) is 0 Å². The van der Waals surface area contributed by atoms with E-state index in [1.807, 2.05) is 18.2 Å². The predicted octanol–water partition coefficient (Wildman–Crippen LogP) is 2.58. The predicted molar refractivity (Wildman–Crippen MR) is 66.5 cm³/mol. The summed E-state index contributed by atoms with van der Waals surface area (Å²) in [5, 5.41) is 0. The van der Waals surface area contributed by atoms with Gasteiger partial charge in [-0.05, 0) is 17.7 Å². The lowest BCUT2D eigenvalue weighted by atomic mass is 10.2. The molecule has 0 aliphatic carbocycles. The van der Waals surface area contributed by atoms with Crippen molar-refractivity contribution in [2.45, 2.75) is 6.54 Å². The number of nitrogen functional groups attached to an aromatic ring is 1. The van der Waals surface area contributed by atoms with Crippen LogP contribution in [0.2, 0.25) is 0 Å². The van der Waals surface area contributed by atoms with Crippen molar-refractivity contribution in [2.24, 2.45) is 0 Å². The lowest BCUT2D eigenvalue weighted by Gasteiger charge is -2.18. The van der Waals surface area contributed by atoms with Crippen LogP contribution in [-0.2, 0) is 6.54 Å². The number of rotatable bonds is 6. The number of hydrogen-bond donors (Lipinski definition) is 1. The van der Waals surface area contributed by atoms with E-state index in [9.17, 15) is 4.39 Å². The minimum atomic E-state index is -0.366. The summed E-state index contributed by atoms with van der Waals surface area (Å²) in [5.41, 5.74) is 6.50. The van der Waals surface area contributed by atoms with Crippen molar-refractivity contribution in [3.63, 3.8) is 0 Å². The van der Waals surface area contributed by atoms with E-state index in [0.717, 1.165) is 18.7 Å². The Hall–Kier alpha value is -1.61. The Morgan fingerprint density at radius 2 is 1.88 bits per heavy atom. The van der Waals surface area contributed by atoms with Crippen LogP contribution >= 0.6 is 0 Å². The molecule has 0 aliphatic heterocycles. The molecule has 0 saturated heterocycles. The average molecular weight is 220 g/mol. The fourth-order valence-electron chi connectivity index (χ4n) is 1.50. The molecule has 0 amide bonds. The number of nitrogens with two attached hydrogens (primary N) is 1. The third-order valence-corrected chi connectivity index (χ3v) is 2.25. The van der Waals surface area contributed by atoms with Gasteiger partial charge in [-0.15, -0.1) is 13.2 Å². The van der Waals surface area contributed by atoms with Gasteiger partial charge in [-0.3, -0.25) is 4.90 Å². The molecule has 0 bridgehead atoms. The normalized spacial score (nSPS) is 10.4. The topological polar surface area (TPSA) is 29.3 Å². The molecule has 2 N–H and O–H groups in total. The zero-order valence-corrected chi connectivity index (χ0v) is 9.32. The maximum Gasteiger partial charge on any atom is 0.146 e. The van der Waals surface area contributed by atoms with Crippen LogP contribution < -0.4 is 5.73 Å². The minimum Gasteiger partial charge on any atom is -0.396 e. The van der Waals surface area contributed by atoms with Crippen molar-refractivity contribution in [1.29, 1.82) is 0 Å². The molecule has 0 atom stereocenters. The van der Waals surface area contributed by atoms with Crippen LogP contribution in [0, 0.1) is 5.82 Å². The monoisotopic (exact) mass is 220 g/mol. The van der Waals surface area contributed by atoms with Crippen molar-refractivity contribution in [2.75, 3.05) is 18.8 Å². The van der Waals surface area contributed by atoms with Crippen molar-refractivity contribution in [3.05, 3.63) is 54.9 Å². The van der Waals surface area contributed by atoms with E-state index in [2.05, 4.69) is 18.1 Å². The molecule has 1 aromatic rings. The molecule has 3 heteroatoms. The lowest BCUT2D eigenvalue weighted by molar-refractivity contribution is 0.327. The van der Waals surface area contributed by atoms with Crippen LogP contribution in [0.4, 0.5) is 10.1 Å². The highest BCUT2D eigenvalue weighted by Gasteiger charge is 2.04. The molecular weight excluding hydrogens is 203 g/mol. The zero-order chi connectivity index (χ0) is 12.0. The SMILES string of the molecule is C=CCN(CC=C)Cc1ccc(N)c(F)c1. The molecule has 0 fully saturated rings. The fourth-order valence-corrected chi connectivity index (χ4v) is 1.50. The summed E-state index contributed by atoms with van der Waals surface area (Å²) in [7, 11) is 0. The van der Waals surface area contributed by atoms with E-state index in [1.54, 1.807) is 6.07 Å². The van der Waals surface area contributed by atoms with Crippen LogP contribution in [0.25, 0.3) is 0 Å². The Labute approximate surface area is 95.9 Å². The van der Waals surface area contributed by atoms with Gasteiger partial charge in [0.15, 0.2) is 0 Å².